The Morgan fingerprint density at radius 2 is 2.13 bits per heavy atom. The first-order valence-corrected chi connectivity index (χ1v) is 4.25. The van der Waals surface area contributed by atoms with Gasteiger partial charge in [0.1, 0.15) is 11.3 Å². The van der Waals surface area contributed by atoms with Gasteiger partial charge in [-0.25, -0.2) is 4.79 Å². The van der Waals surface area contributed by atoms with Crippen LogP contribution in [0.15, 0.2) is 16.3 Å². The Morgan fingerprint density at radius 1 is 1.53 bits per heavy atom. The number of hydrogen-bond acceptors (Lipinski definition) is 6. The van der Waals surface area contributed by atoms with E-state index in [1.165, 1.54) is 6.92 Å². The Bertz CT molecular complexity index is 302. The smallest absolute Gasteiger partial charge is 0.343 e. The molecule has 0 saturated carbocycles. The molecule has 0 aliphatic carbocycles. The van der Waals surface area contributed by atoms with Gasteiger partial charge in [0.05, 0.1) is 19.1 Å². The molecule has 0 fully saturated rings. The number of carboxylic acid groups (broad SMARTS) is 1. The van der Waals surface area contributed by atoms with Crippen molar-refractivity contribution in [3.63, 3.8) is 0 Å². The molecule has 0 aliphatic rings. The topological polar surface area (TPSA) is 99.0 Å². The summed E-state index contributed by atoms with van der Waals surface area (Å²) in [6.07, 6.45) is 0.948. The number of aliphatic imine (C=N–C) groups is 1. The molecule has 6 heteroatoms. The predicted octanol–water partition coefficient (Wildman–Crippen LogP) is -0.798. The van der Waals surface area contributed by atoms with Crippen LogP contribution >= 0.6 is 0 Å². The molecule has 0 atom stereocenters. The first kappa shape index (κ1) is 13.2. The number of aliphatic hydroxyl groups is 1. The molecule has 0 unspecified atom stereocenters. The average molecular weight is 214 g/mol. The van der Waals surface area contributed by atoms with E-state index in [4.69, 9.17) is 5.11 Å². The second kappa shape index (κ2) is 6.58. The third kappa shape index (κ3) is 5.45. The number of allylic oxidation sites excluding steroid dienone is 1. The number of ether oxygens (including phenoxy) is 1. The van der Waals surface area contributed by atoms with Crippen molar-refractivity contribution in [2.45, 2.75) is 13.8 Å². The highest BCUT2D eigenvalue weighted by Gasteiger charge is 2.11. The van der Waals surface area contributed by atoms with E-state index >= 15 is 0 Å². The van der Waals surface area contributed by atoms with Crippen LogP contribution in [0, 0.1) is 0 Å². The lowest BCUT2D eigenvalue weighted by Gasteiger charge is -2.03. The molecule has 0 aromatic heterocycles. The normalized spacial score (nSPS) is 12.4. The Balaban J connectivity index is 4.57. The van der Waals surface area contributed by atoms with Crippen molar-refractivity contribution in [3.05, 3.63) is 11.3 Å². The Morgan fingerprint density at radius 3 is 2.53 bits per heavy atom. The lowest BCUT2D eigenvalue weighted by Crippen LogP contribution is -2.25. The molecule has 6 nitrogen and oxygen atoms in total. The molecule has 0 radical (unpaired) electrons. The van der Waals surface area contributed by atoms with Crippen LogP contribution in [0.3, 0.4) is 0 Å². The second-order valence-corrected chi connectivity index (χ2v) is 2.56. The van der Waals surface area contributed by atoms with Gasteiger partial charge >= 0.3 is 5.97 Å². The van der Waals surface area contributed by atoms with E-state index in [9.17, 15) is 14.7 Å². The van der Waals surface area contributed by atoms with Gasteiger partial charge in [-0.1, -0.05) is 0 Å². The molecule has 0 aromatic rings. The third-order valence-electron chi connectivity index (χ3n) is 1.33. The maximum atomic E-state index is 11.2. The SMILES string of the molecule is CCOC(=O)/C(C=NCC(=O)[O-])=C(\C)O. The summed E-state index contributed by atoms with van der Waals surface area (Å²) < 4.78 is 4.61. The van der Waals surface area contributed by atoms with Gasteiger partial charge in [0.15, 0.2) is 0 Å². The number of carbonyl (C=O) groups excluding carboxylic acids is 2. The fourth-order valence-electron chi connectivity index (χ4n) is 0.714. The van der Waals surface area contributed by atoms with Crippen molar-refractivity contribution in [1.82, 2.24) is 0 Å². The van der Waals surface area contributed by atoms with Crippen LogP contribution in [0.1, 0.15) is 13.8 Å². The molecule has 0 rings (SSSR count). The van der Waals surface area contributed by atoms with Gasteiger partial charge in [0.25, 0.3) is 0 Å². The summed E-state index contributed by atoms with van der Waals surface area (Å²) in [7, 11) is 0. The maximum absolute atomic E-state index is 11.2. The van der Waals surface area contributed by atoms with Crippen LogP contribution in [-0.4, -0.2) is 36.4 Å². The summed E-state index contributed by atoms with van der Waals surface area (Å²) in [4.78, 5) is 24.6. The summed E-state index contributed by atoms with van der Waals surface area (Å²) in [6.45, 7) is 2.47. The number of nitrogens with zero attached hydrogens (tertiary/aromatic N) is 1. The molecule has 0 amide bonds. The van der Waals surface area contributed by atoms with Crippen LogP contribution in [0.4, 0.5) is 0 Å². The number of aliphatic hydroxyl groups excluding tert-OH is 1. The minimum absolute atomic E-state index is 0.157. The van der Waals surface area contributed by atoms with Gasteiger partial charge in [0, 0.05) is 6.21 Å². The Kier molecular flexibility index (Phi) is 5.77. The van der Waals surface area contributed by atoms with Crippen LogP contribution < -0.4 is 5.11 Å². The summed E-state index contributed by atoms with van der Waals surface area (Å²) in [6, 6.07) is 0. The van der Waals surface area contributed by atoms with E-state index in [2.05, 4.69) is 9.73 Å². The summed E-state index contributed by atoms with van der Waals surface area (Å²) in [5, 5.41) is 19.1. The Labute approximate surface area is 86.9 Å². The second-order valence-electron chi connectivity index (χ2n) is 2.56. The van der Waals surface area contributed by atoms with E-state index in [1.54, 1.807) is 6.92 Å². The molecular weight excluding hydrogens is 202 g/mol. The third-order valence-corrected chi connectivity index (χ3v) is 1.33. The zero-order valence-corrected chi connectivity index (χ0v) is 8.52. The lowest BCUT2D eigenvalue weighted by atomic mass is 10.2. The number of esters is 1. The van der Waals surface area contributed by atoms with Crippen LogP contribution in [0.2, 0.25) is 0 Å². The van der Waals surface area contributed by atoms with E-state index < -0.39 is 18.5 Å². The molecular formula is C9H12NO5-. The zero-order chi connectivity index (χ0) is 11.8. The summed E-state index contributed by atoms with van der Waals surface area (Å²) in [5.74, 6) is -2.40. The van der Waals surface area contributed by atoms with Gasteiger partial charge < -0.3 is 19.7 Å². The van der Waals surface area contributed by atoms with Crippen LogP contribution in [0.5, 0.6) is 0 Å². The van der Waals surface area contributed by atoms with Gasteiger partial charge in [-0.05, 0) is 13.8 Å². The summed E-state index contributed by atoms with van der Waals surface area (Å²) in [5.41, 5.74) is -0.168. The monoisotopic (exact) mass is 214 g/mol. The quantitative estimate of drug-likeness (QED) is 0.279. The van der Waals surface area contributed by atoms with Gasteiger partial charge in [-0.15, -0.1) is 0 Å². The molecule has 0 bridgehead atoms. The highest BCUT2D eigenvalue weighted by atomic mass is 16.5. The number of carbonyl (C=O) groups is 2. The van der Waals surface area contributed by atoms with Crippen molar-refractivity contribution in [2.24, 2.45) is 4.99 Å². The Hall–Kier alpha value is -1.85. The fraction of sp³-hybridized carbons (Fsp3) is 0.444. The van der Waals surface area contributed by atoms with Crippen LogP contribution in [0.25, 0.3) is 0 Å². The summed E-state index contributed by atoms with van der Waals surface area (Å²) >= 11 is 0. The molecule has 1 N–H and O–H groups in total. The largest absolute Gasteiger partial charge is 0.548 e. The molecule has 0 aliphatic heterocycles. The molecule has 15 heavy (non-hydrogen) atoms. The van der Waals surface area contributed by atoms with Crippen molar-refractivity contribution in [1.29, 1.82) is 0 Å². The molecule has 0 saturated heterocycles. The molecule has 84 valence electrons. The van der Waals surface area contributed by atoms with E-state index in [0.717, 1.165) is 6.21 Å². The zero-order valence-electron chi connectivity index (χ0n) is 8.52. The standard InChI is InChI=1S/C9H13NO5/c1-3-15-9(14)7(6(2)11)4-10-5-8(12)13/h4,11H,3,5H2,1-2H3,(H,12,13)/p-1/b7-6+,10-4?. The van der Waals surface area contributed by atoms with Crippen molar-refractivity contribution >= 4 is 18.2 Å². The average Bonchev–Trinajstić information content (AvgIpc) is 2.11. The minimum atomic E-state index is -1.37. The van der Waals surface area contributed by atoms with Crippen molar-refractivity contribution < 1.29 is 24.5 Å². The van der Waals surface area contributed by atoms with Crippen molar-refractivity contribution in [2.75, 3.05) is 13.2 Å². The first-order valence-electron chi connectivity index (χ1n) is 4.25. The van der Waals surface area contributed by atoms with Gasteiger partial charge in [0.2, 0.25) is 0 Å². The molecule has 0 heterocycles. The fourth-order valence-corrected chi connectivity index (χ4v) is 0.714. The molecule has 0 spiro atoms. The number of rotatable bonds is 5. The van der Waals surface area contributed by atoms with Gasteiger partial charge in [-0.3, -0.25) is 4.99 Å². The molecule has 0 aromatic carbocycles. The van der Waals surface area contributed by atoms with E-state index in [1.807, 2.05) is 0 Å². The lowest BCUT2D eigenvalue weighted by molar-refractivity contribution is -0.303. The van der Waals surface area contributed by atoms with Gasteiger partial charge in [-0.2, -0.15) is 0 Å². The highest BCUT2D eigenvalue weighted by Crippen LogP contribution is 2.01. The highest BCUT2D eigenvalue weighted by molar-refractivity contribution is 6.10. The predicted molar refractivity (Wildman–Crippen MR) is 50.3 cm³/mol. The number of aliphatic carboxylic acids is 1. The maximum Gasteiger partial charge on any atom is 0.343 e. The van der Waals surface area contributed by atoms with Crippen molar-refractivity contribution in [3.8, 4) is 0 Å². The first-order chi connectivity index (χ1) is 6.99. The number of hydrogen-bond donors (Lipinski definition) is 1. The van der Waals surface area contributed by atoms with E-state index in [0.29, 0.717) is 0 Å². The minimum Gasteiger partial charge on any atom is -0.548 e. The van der Waals surface area contributed by atoms with Crippen LogP contribution in [-0.2, 0) is 14.3 Å². The number of carboxylic acids is 1. The van der Waals surface area contributed by atoms with E-state index in [-0.39, 0.29) is 17.9 Å².